The molecule has 1 atom stereocenters. The highest BCUT2D eigenvalue weighted by molar-refractivity contribution is 5.78. The van der Waals surface area contributed by atoms with Crippen LogP contribution in [-0.2, 0) is 0 Å². The van der Waals surface area contributed by atoms with E-state index >= 15 is 0 Å². The summed E-state index contributed by atoms with van der Waals surface area (Å²) < 4.78 is 5.53. The summed E-state index contributed by atoms with van der Waals surface area (Å²) in [7, 11) is 0. The smallest absolute Gasteiger partial charge is 0.295 e. The molecule has 0 saturated heterocycles. The molecule has 0 saturated carbocycles. The predicted molar refractivity (Wildman–Crippen MR) is 67.8 cm³/mol. The van der Waals surface area contributed by atoms with Crippen molar-refractivity contribution >= 4 is 22.8 Å². The topological polar surface area (TPSA) is 84.3 Å². The van der Waals surface area contributed by atoms with Crippen molar-refractivity contribution in [2.45, 2.75) is 25.8 Å². The molecule has 0 fully saturated rings. The Balaban J connectivity index is 2.08. The van der Waals surface area contributed by atoms with Gasteiger partial charge in [0.1, 0.15) is 5.52 Å². The normalized spacial score (nSPS) is 12.8. The maximum absolute atomic E-state index is 8.75. The number of aromatic nitrogens is 1. The first-order valence-corrected chi connectivity index (χ1v) is 5.72. The van der Waals surface area contributed by atoms with Gasteiger partial charge in [0.15, 0.2) is 5.58 Å². The summed E-state index contributed by atoms with van der Waals surface area (Å²) in [4.78, 5) is 4.30. The van der Waals surface area contributed by atoms with Crippen LogP contribution in [0.1, 0.15) is 19.8 Å². The molecule has 1 aromatic carbocycles. The van der Waals surface area contributed by atoms with Gasteiger partial charge in [-0.3, -0.25) is 0 Å². The molecule has 17 heavy (non-hydrogen) atoms. The number of aliphatic hydroxyl groups is 1. The molecule has 0 aliphatic heterocycles. The minimum atomic E-state index is 0.204. The molecule has 5 heteroatoms. The number of nitrogen functional groups attached to an aromatic ring is 1. The van der Waals surface area contributed by atoms with Crippen molar-refractivity contribution in [2.75, 3.05) is 17.7 Å². The second-order valence-electron chi connectivity index (χ2n) is 4.16. The molecular formula is C12H17N3O2. The Morgan fingerprint density at radius 3 is 3.12 bits per heavy atom. The Morgan fingerprint density at radius 1 is 1.53 bits per heavy atom. The van der Waals surface area contributed by atoms with Crippen LogP contribution in [0.2, 0.25) is 0 Å². The van der Waals surface area contributed by atoms with Gasteiger partial charge >= 0.3 is 0 Å². The van der Waals surface area contributed by atoms with Crippen molar-refractivity contribution in [3.8, 4) is 0 Å². The van der Waals surface area contributed by atoms with Gasteiger partial charge < -0.3 is 20.6 Å². The molecule has 2 rings (SSSR count). The van der Waals surface area contributed by atoms with Gasteiger partial charge in [-0.25, -0.2) is 0 Å². The zero-order valence-corrected chi connectivity index (χ0v) is 9.81. The molecule has 0 spiro atoms. The summed E-state index contributed by atoms with van der Waals surface area (Å²) in [6.07, 6.45) is 1.64. The molecule has 92 valence electrons. The Kier molecular flexibility index (Phi) is 3.49. The van der Waals surface area contributed by atoms with Crippen molar-refractivity contribution in [1.29, 1.82) is 0 Å². The summed E-state index contributed by atoms with van der Waals surface area (Å²) in [5, 5.41) is 11.9. The Morgan fingerprint density at radius 2 is 2.35 bits per heavy atom. The standard InChI is InChI=1S/C12H17N3O2/c1-8(3-2-6-16)14-12-15-10-7-9(13)4-5-11(10)17-12/h4-5,7-8,16H,2-3,6,13H2,1H3,(H,14,15). The maximum Gasteiger partial charge on any atom is 0.295 e. The molecule has 0 bridgehead atoms. The van der Waals surface area contributed by atoms with Crippen LogP contribution in [0.4, 0.5) is 11.7 Å². The Labute approximate surface area is 99.6 Å². The summed E-state index contributed by atoms with van der Waals surface area (Å²) in [6, 6.07) is 6.08. The van der Waals surface area contributed by atoms with Crippen LogP contribution in [0.5, 0.6) is 0 Å². The Hall–Kier alpha value is -1.75. The van der Waals surface area contributed by atoms with Gasteiger partial charge in [0.2, 0.25) is 0 Å². The van der Waals surface area contributed by atoms with Crippen molar-refractivity contribution in [1.82, 2.24) is 4.98 Å². The fourth-order valence-corrected chi connectivity index (χ4v) is 1.69. The molecule has 1 heterocycles. The second-order valence-corrected chi connectivity index (χ2v) is 4.16. The zero-order chi connectivity index (χ0) is 12.3. The van der Waals surface area contributed by atoms with E-state index < -0.39 is 0 Å². The Bertz CT molecular complexity index is 495. The number of nitrogens with one attached hydrogen (secondary N) is 1. The summed E-state index contributed by atoms with van der Waals surface area (Å²) >= 11 is 0. The van der Waals surface area contributed by atoms with E-state index in [9.17, 15) is 0 Å². The molecule has 0 radical (unpaired) electrons. The number of nitrogens with zero attached hydrogens (tertiary/aromatic N) is 1. The average molecular weight is 235 g/mol. The van der Waals surface area contributed by atoms with Crippen LogP contribution in [0.3, 0.4) is 0 Å². The molecule has 4 N–H and O–H groups in total. The third kappa shape index (κ3) is 2.88. The largest absolute Gasteiger partial charge is 0.424 e. The zero-order valence-electron chi connectivity index (χ0n) is 9.81. The predicted octanol–water partition coefficient (Wildman–Crippen LogP) is 1.98. The molecule has 2 aromatic rings. The SMILES string of the molecule is CC(CCCO)Nc1nc2cc(N)ccc2o1. The first-order chi connectivity index (χ1) is 8.19. The van der Waals surface area contributed by atoms with Gasteiger partial charge in [0, 0.05) is 18.3 Å². The highest BCUT2D eigenvalue weighted by Crippen LogP contribution is 2.21. The molecule has 1 unspecified atom stereocenters. The number of oxazole rings is 1. The summed E-state index contributed by atoms with van der Waals surface area (Å²) in [6.45, 7) is 2.23. The number of hydrogen-bond donors (Lipinski definition) is 3. The van der Waals surface area contributed by atoms with E-state index in [1.54, 1.807) is 18.2 Å². The minimum absolute atomic E-state index is 0.204. The highest BCUT2D eigenvalue weighted by atomic mass is 16.4. The number of nitrogens with two attached hydrogens (primary N) is 1. The summed E-state index contributed by atoms with van der Waals surface area (Å²) in [5.74, 6) is 0. The lowest BCUT2D eigenvalue weighted by molar-refractivity contribution is 0.282. The third-order valence-corrected chi connectivity index (χ3v) is 2.58. The van der Waals surface area contributed by atoms with Crippen LogP contribution in [0.25, 0.3) is 11.1 Å². The number of anilines is 2. The van der Waals surface area contributed by atoms with Gasteiger partial charge in [-0.05, 0) is 38.0 Å². The van der Waals surface area contributed by atoms with E-state index in [4.69, 9.17) is 15.3 Å². The van der Waals surface area contributed by atoms with Crippen LogP contribution in [0.15, 0.2) is 22.6 Å². The van der Waals surface area contributed by atoms with E-state index in [1.165, 1.54) is 0 Å². The second kappa shape index (κ2) is 5.05. The number of fused-ring (bicyclic) bond motifs is 1. The fourth-order valence-electron chi connectivity index (χ4n) is 1.69. The van der Waals surface area contributed by atoms with E-state index in [2.05, 4.69) is 10.3 Å². The van der Waals surface area contributed by atoms with E-state index in [0.29, 0.717) is 11.7 Å². The summed E-state index contributed by atoms with van der Waals surface area (Å²) in [5.41, 5.74) is 7.81. The van der Waals surface area contributed by atoms with Crippen molar-refractivity contribution in [2.24, 2.45) is 0 Å². The van der Waals surface area contributed by atoms with E-state index in [1.807, 2.05) is 6.92 Å². The third-order valence-electron chi connectivity index (χ3n) is 2.58. The first-order valence-electron chi connectivity index (χ1n) is 5.72. The van der Waals surface area contributed by atoms with Gasteiger partial charge in [-0.2, -0.15) is 4.98 Å². The molecule has 5 nitrogen and oxygen atoms in total. The van der Waals surface area contributed by atoms with Crippen molar-refractivity contribution in [3.63, 3.8) is 0 Å². The minimum Gasteiger partial charge on any atom is -0.424 e. The maximum atomic E-state index is 8.75. The van der Waals surface area contributed by atoms with Gasteiger partial charge in [0.05, 0.1) is 0 Å². The monoisotopic (exact) mass is 235 g/mol. The van der Waals surface area contributed by atoms with Crippen LogP contribution in [0, 0.1) is 0 Å². The lowest BCUT2D eigenvalue weighted by Crippen LogP contribution is -2.15. The number of rotatable bonds is 5. The molecule has 0 amide bonds. The molecule has 0 aliphatic rings. The lowest BCUT2D eigenvalue weighted by Gasteiger charge is -2.10. The van der Waals surface area contributed by atoms with Crippen LogP contribution in [-0.4, -0.2) is 22.7 Å². The molecule has 0 aliphatic carbocycles. The molecular weight excluding hydrogens is 218 g/mol. The van der Waals surface area contributed by atoms with Gasteiger partial charge in [-0.15, -0.1) is 0 Å². The van der Waals surface area contributed by atoms with Gasteiger partial charge in [-0.1, -0.05) is 0 Å². The average Bonchev–Trinajstić information content (AvgIpc) is 2.67. The quantitative estimate of drug-likeness (QED) is 0.690. The highest BCUT2D eigenvalue weighted by Gasteiger charge is 2.08. The number of aliphatic hydroxyl groups excluding tert-OH is 1. The van der Waals surface area contributed by atoms with Crippen molar-refractivity contribution < 1.29 is 9.52 Å². The first kappa shape index (κ1) is 11.7. The van der Waals surface area contributed by atoms with Gasteiger partial charge in [0.25, 0.3) is 6.01 Å². The van der Waals surface area contributed by atoms with Crippen molar-refractivity contribution in [3.05, 3.63) is 18.2 Å². The number of hydrogen-bond acceptors (Lipinski definition) is 5. The number of benzene rings is 1. The molecule has 1 aromatic heterocycles. The van der Waals surface area contributed by atoms with E-state index in [0.717, 1.165) is 23.9 Å². The van der Waals surface area contributed by atoms with Crippen LogP contribution < -0.4 is 11.1 Å². The van der Waals surface area contributed by atoms with E-state index in [-0.39, 0.29) is 12.6 Å². The fraction of sp³-hybridized carbons (Fsp3) is 0.417. The lowest BCUT2D eigenvalue weighted by atomic mass is 10.2. The van der Waals surface area contributed by atoms with Crippen LogP contribution >= 0.6 is 0 Å².